The van der Waals surface area contributed by atoms with Gasteiger partial charge in [0.05, 0.1) is 10.5 Å². The summed E-state index contributed by atoms with van der Waals surface area (Å²) in [7, 11) is -4.04. The van der Waals surface area contributed by atoms with Crippen molar-refractivity contribution in [2.24, 2.45) is 5.14 Å². The lowest BCUT2D eigenvalue weighted by atomic mass is 9.87. The van der Waals surface area contributed by atoms with Crippen LogP contribution < -0.4 is 5.14 Å². The first-order chi connectivity index (χ1) is 11.5. The Morgan fingerprint density at radius 2 is 1.72 bits per heavy atom. The molecule has 0 spiro atoms. The summed E-state index contributed by atoms with van der Waals surface area (Å²) in [6, 6.07) is 10.3. The molecule has 0 atom stereocenters. The third-order valence-corrected chi connectivity index (χ3v) is 4.59. The van der Waals surface area contributed by atoms with Crippen LogP contribution in [0.15, 0.2) is 47.4 Å². The Labute approximate surface area is 146 Å². The molecule has 0 bridgehead atoms. The largest absolute Gasteiger partial charge is 0.457 e. The molecule has 5 nitrogen and oxygen atoms in total. The summed E-state index contributed by atoms with van der Waals surface area (Å²) in [5.74, 6) is -1.83. The van der Waals surface area contributed by atoms with Gasteiger partial charge >= 0.3 is 5.97 Å². The van der Waals surface area contributed by atoms with E-state index >= 15 is 0 Å². The second kappa shape index (κ2) is 6.93. The first-order valence-corrected chi connectivity index (χ1v) is 9.12. The summed E-state index contributed by atoms with van der Waals surface area (Å²) < 4.78 is 41.5. The van der Waals surface area contributed by atoms with Gasteiger partial charge in [0.15, 0.2) is 0 Å². The van der Waals surface area contributed by atoms with Crippen LogP contribution >= 0.6 is 0 Å². The first kappa shape index (κ1) is 19.1. The Morgan fingerprint density at radius 3 is 2.24 bits per heavy atom. The van der Waals surface area contributed by atoms with E-state index in [1.165, 1.54) is 0 Å². The van der Waals surface area contributed by atoms with E-state index in [2.05, 4.69) is 20.8 Å². The maximum atomic E-state index is 13.8. The molecule has 0 aliphatic heterocycles. The molecule has 7 heteroatoms. The lowest BCUT2D eigenvalue weighted by Gasteiger charge is -2.19. The number of carbonyl (C=O) groups is 1. The van der Waals surface area contributed by atoms with Gasteiger partial charge in [0.2, 0.25) is 10.0 Å². The number of esters is 1. The van der Waals surface area contributed by atoms with Crippen LogP contribution in [0.5, 0.6) is 0 Å². The van der Waals surface area contributed by atoms with Gasteiger partial charge in [-0.05, 0) is 34.7 Å². The molecule has 25 heavy (non-hydrogen) atoms. The molecule has 0 aromatic heterocycles. The number of ether oxygens (including phenoxy) is 1. The topological polar surface area (TPSA) is 86.5 Å². The van der Waals surface area contributed by atoms with E-state index in [0.717, 1.165) is 29.3 Å². The molecule has 0 heterocycles. The van der Waals surface area contributed by atoms with Crippen molar-refractivity contribution in [1.82, 2.24) is 0 Å². The van der Waals surface area contributed by atoms with E-state index in [-0.39, 0.29) is 16.9 Å². The minimum absolute atomic E-state index is 0.00644. The molecule has 0 fully saturated rings. The van der Waals surface area contributed by atoms with Gasteiger partial charge in [0, 0.05) is 0 Å². The second-order valence-electron chi connectivity index (χ2n) is 6.71. The number of nitrogens with two attached hydrogens (primary N) is 1. The van der Waals surface area contributed by atoms with Gasteiger partial charge in [-0.1, -0.05) is 45.0 Å². The van der Waals surface area contributed by atoms with Crippen molar-refractivity contribution >= 4 is 16.0 Å². The second-order valence-corrected chi connectivity index (χ2v) is 8.27. The Kier molecular flexibility index (Phi) is 5.29. The number of hydrogen-bond donors (Lipinski definition) is 1. The number of sulfonamides is 1. The molecular weight excluding hydrogens is 345 g/mol. The number of benzene rings is 2. The molecule has 0 aliphatic rings. The molecule has 2 N–H and O–H groups in total. The third-order valence-electron chi connectivity index (χ3n) is 3.68. The minimum Gasteiger partial charge on any atom is -0.457 e. The van der Waals surface area contributed by atoms with Crippen LogP contribution in [0.3, 0.4) is 0 Å². The molecule has 0 saturated heterocycles. The molecule has 2 aromatic rings. The van der Waals surface area contributed by atoms with Gasteiger partial charge in [0.1, 0.15) is 12.4 Å². The van der Waals surface area contributed by atoms with Crippen LogP contribution in [-0.4, -0.2) is 14.4 Å². The lowest BCUT2D eigenvalue weighted by Crippen LogP contribution is -2.15. The van der Waals surface area contributed by atoms with Gasteiger partial charge in [-0.3, -0.25) is 0 Å². The van der Waals surface area contributed by atoms with Crippen LogP contribution in [0, 0.1) is 5.82 Å². The predicted octanol–water partition coefficient (Wildman–Crippen LogP) is 3.13. The Balaban J connectivity index is 2.13. The first-order valence-electron chi connectivity index (χ1n) is 7.57. The zero-order chi connectivity index (χ0) is 18.8. The number of rotatable bonds is 4. The van der Waals surface area contributed by atoms with Gasteiger partial charge in [-0.15, -0.1) is 0 Å². The summed E-state index contributed by atoms with van der Waals surface area (Å²) in [4.78, 5) is 11.7. The van der Waals surface area contributed by atoms with Crippen LogP contribution in [0.25, 0.3) is 0 Å². The average Bonchev–Trinajstić information content (AvgIpc) is 2.51. The van der Waals surface area contributed by atoms with Crippen molar-refractivity contribution in [1.29, 1.82) is 0 Å². The number of carbonyl (C=O) groups excluding carboxylic acids is 1. The van der Waals surface area contributed by atoms with Gasteiger partial charge in [-0.2, -0.15) is 0 Å². The molecule has 0 radical (unpaired) electrons. The number of primary sulfonamides is 1. The van der Waals surface area contributed by atoms with Gasteiger partial charge < -0.3 is 4.74 Å². The highest BCUT2D eigenvalue weighted by Gasteiger charge is 2.18. The van der Waals surface area contributed by atoms with E-state index in [0.29, 0.717) is 0 Å². The number of hydrogen-bond acceptors (Lipinski definition) is 4. The Hall–Kier alpha value is -2.25. The molecule has 134 valence electrons. The highest BCUT2D eigenvalue weighted by atomic mass is 32.2. The number of halogens is 1. The Bertz CT molecular complexity index is 884. The van der Waals surface area contributed by atoms with Crippen LogP contribution in [-0.2, 0) is 26.8 Å². The van der Waals surface area contributed by atoms with Gasteiger partial charge in [0.25, 0.3) is 0 Å². The lowest BCUT2D eigenvalue weighted by molar-refractivity contribution is 0.0467. The highest BCUT2D eigenvalue weighted by molar-refractivity contribution is 7.89. The summed E-state index contributed by atoms with van der Waals surface area (Å²) in [6.45, 7) is 6.21. The normalized spacial score (nSPS) is 12.0. The fourth-order valence-electron chi connectivity index (χ4n) is 2.17. The maximum Gasteiger partial charge on any atom is 0.341 e. The molecule has 2 rings (SSSR count). The highest BCUT2D eigenvalue weighted by Crippen LogP contribution is 2.22. The van der Waals surface area contributed by atoms with Crippen molar-refractivity contribution in [3.8, 4) is 0 Å². The van der Waals surface area contributed by atoms with Crippen molar-refractivity contribution < 1.29 is 22.3 Å². The van der Waals surface area contributed by atoms with Crippen LogP contribution in [0.4, 0.5) is 4.39 Å². The molecule has 0 amide bonds. The van der Waals surface area contributed by atoms with E-state index in [9.17, 15) is 17.6 Å². The summed E-state index contributed by atoms with van der Waals surface area (Å²) in [5, 5.41) is 4.99. The fraction of sp³-hybridized carbons (Fsp3) is 0.278. The van der Waals surface area contributed by atoms with E-state index in [1.807, 2.05) is 24.3 Å². The monoisotopic (exact) mass is 365 g/mol. The SMILES string of the molecule is CC(C)(C)c1ccc(COC(=O)c2cc(S(N)(=O)=O)ccc2F)cc1. The smallest absolute Gasteiger partial charge is 0.341 e. The van der Waals surface area contributed by atoms with Crippen LogP contribution in [0.1, 0.15) is 42.3 Å². The average molecular weight is 365 g/mol. The Morgan fingerprint density at radius 1 is 1.12 bits per heavy atom. The van der Waals surface area contributed by atoms with Gasteiger partial charge in [-0.25, -0.2) is 22.7 Å². The maximum absolute atomic E-state index is 13.8. The third kappa shape index (κ3) is 4.87. The molecular formula is C18H20FNO4S. The summed E-state index contributed by atoms with van der Waals surface area (Å²) in [6.07, 6.45) is 0. The zero-order valence-electron chi connectivity index (χ0n) is 14.2. The van der Waals surface area contributed by atoms with Crippen molar-refractivity contribution in [3.05, 3.63) is 65.0 Å². The van der Waals surface area contributed by atoms with Crippen molar-refractivity contribution in [2.45, 2.75) is 37.7 Å². The molecule has 0 unspecified atom stereocenters. The molecule has 0 aliphatic carbocycles. The summed E-state index contributed by atoms with van der Waals surface area (Å²) >= 11 is 0. The van der Waals surface area contributed by atoms with E-state index in [1.54, 1.807) is 0 Å². The van der Waals surface area contributed by atoms with Crippen molar-refractivity contribution in [2.75, 3.05) is 0 Å². The van der Waals surface area contributed by atoms with E-state index in [4.69, 9.17) is 9.88 Å². The molecule has 0 saturated carbocycles. The minimum atomic E-state index is -4.04. The van der Waals surface area contributed by atoms with Crippen molar-refractivity contribution in [3.63, 3.8) is 0 Å². The summed E-state index contributed by atoms with van der Waals surface area (Å²) in [5.41, 5.74) is 1.41. The zero-order valence-corrected chi connectivity index (χ0v) is 15.1. The predicted molar refractivity (Wildman–Crippen MR) is 92.0 cm³/mol. The quantitative estimate of drug-likeness (QED) is 0.844. The molecule has 2 aromatic carbocycles. The standard InChI is InChI=1S/C18H20FNO4S/c1-18(2,3)13-6-4-12(5-7-13)11-24-17(21)15-10-14(25(20,22)23)8-9-16(15)19/h4-10H,11H2,1-3H3,(H2,20,22,23). The van der Waals surface area contributed by atoms with Crippen LogP contribution in [0.2, 0.25) is 0 Å². The fourth-order valence-corrected chi connectivity index (χ4v) is 2.71. The van der Waals surface area contributed by atoms with E-state index < -0.39 is 27.4 Å².